The van der Waals surface area contributed by atoms with Gasteiger partial charge in [-0.05, 0) is 0 Å². The Hall–Kier alpha value is 3.41. The molecule has 0 atom stereocenters. The van der Waals surface area contributed by atoms with E-state index in [0.29, 0.717) is 0 Å². The van der Waals surface area contributed by atoms with Gasteiger partial charge in [0, 0.05) is 34.1 Å². The van der Waals surface area contributed by atoms with Gasteiger partial charge in [0.15, 0.2) is 0 Å². The second kappa shape index (κ2) is 19.5. The first kappa shape index (κ1) is 43.3. The molecule has 0 aromatic rings. The van der Waals surface area contributed by atoms with Crippen molar-refractivity contribution in [2.45, 2.75) is 0 Å². The van der Waals surface area contributed by atoms with Gasteiger partial charge in [0.2, 0.25) is 0 Å². The molecule has 0 bridgehead atoms. The van der Waals surface area contributed by atoms with Crippen LogP contribution >= 0.6 is 7.82 Å². The van der Waals surface area contributed by atoms with Gasteiger partial charge in [-0.15, -0.1) is 0 Å². The summed E-state index contributed by atoms with van der Waals surface area (Å²) in [5.41, 5.74) is 0. The van der Waals surface area contributed by atoms with Gasteiger partial charge in [-0.3, -0.25) is 18.2 Å². The first-order chi connectivity index (χ1) is 6.00. The van der Waals surface area contributed by atoms with Crippen LogP contribution in [-0.2, 0) is 59.5 Å². The maximum absolute atomic E-state index is 8.88. The van der Waals surface area contributed by atoms with Gasteiger partial charge in [-0.2, -0.15) is 16.8 Å². The van der Waals surface area contributed by atoms with Gasteiger partial charge in [-0.1, -0.05) is 0 Å². The Balaban J connectivity index is -0.0000000206. The standard InChI is InChI=1S/2Ca.Cu.Fe.H3O4P.2H2O4S.4H/c;;;;3*1-5(2,3)4;;;;/h;;;;(H3,1,2,3,4);2*(H2,1,2,3,4);;;;. The van der Waals surface area contributed by atoms with Crippen LogP contribution in [0.2, 0.25) is 0 Å². The van der Waals surface area contributed by atoms with Gasteiger partial charge < -0.3 is 14.7 Å². The van der Waals surface area contributed by atoms with E-state index in [1.165, 1.54) is 0 Å². The van der Waals surface area contributed by atoms with Crippen LogP contribution in [0.4, 0.5) is 0 Å². The summed E-state index contributed by atoms with van der Waals surface area (Å²) in [6.07, 6.45) is 0. The fraction of sp³-hybridized carbons (Fsp3) is 0. The van der Waals surface area contributed by atoms with Crippen LogP contribution < -0.4 is 0 Å². The third-order valence-electron chi connectivity index (χ3n) is 0. The molecule has 0 aromatic heterocycles. The Labute approximate surface area is 189 Å². The first-order valence-corrected chi connectivity index (χ1v) is 6.54. The minimum Gasteiger partial charge on any atom is 0 e. The summed E-state index contributed by atoms with van der Waals surface area (Å²) < 4.78 is 72.0. The van der Waals surface area contributed by atoms with E-state index >= 15 is 0 Å². The molecule has 0 amide bonds. The van der Waals surface area contributed by atoms with E-state index in [9.17, 15) is 0 Å². The number of hydrogen-bond acceptors (Lipinski definition) is 5. The van der Waals surface area contributed by atoms with E-state index in [-0.39, 0.29) is 110 Å². The normalized spacial score (nSPS) is 9.21. The van der Waals surface area contributed by atoms with Crippen LogP contribution in [-0.4, -0.2) is 125 Å². The molecule has 0 heterocycles. The summed E-state index contributed by atoms with van der Waals surface area (Å²) in [5.74, 6) is 0. The van der Waals surface area contributed by atoms with E-state index in [4.69, 9.17) is 54.3 Å². The Morgan fingerprint density at radius 3 is 0.684 bits per heavy atom. The molecule has 19 heteroatoms. The number of hydrogen-bond donors (Lipinski definition) is 7. The molecule has 19 heavy (non-hydrogen) atoms. The molecule has 0 saturated heterocycles. The quantitative estimate of drug-likeness (QED) is 0.0963. The molecule has 7 N–H and O–H groups in total. The van der Waals surface area contributed by atoms with Gasteiger partial charge in [0.05, 0.1) is 0 Å². The van der Waals surface area contributed by atoms with Crippen LogP contribution in [0.15, 0.2) is 0 Å². The average molecular weight is 498 g/mol. The van der Waals surface area contributed by atoms with E-state index in [1.807, 2.05) is 0 Å². The monoisotopic (exact) mass is 497 g/mol. The van der Waals surface area contributed by atoms with Gasteiger partial charge in [-0.25, -0.2) is 4.57 Å². The zero-order chi connectivity index (χ0) is 13.5. The summed E-state index contributed by atoms with van der Waals surface area (Å²) in [6, 6.07) is 0. The molecular formula is H11Ca2CuFeO12PS2. The van der Waals surface area contributed by atoms with Crippen LogP contribution in [0.5, 0.6) is 0 Å². The van der Waals surface area contributed by atoms with Crippen LogP contribution in [0.1, 0.15) is 0 Å². The molecule has 0 aliphatic rings. The number of rotatable bonds is 0. The predicted molar refractivity (Wildman–Crippen MR) is 59.7 cm³/mol. The third-order valence-corrected chi connectivity index (χ3v) is 0. The smallest absolute Gasteiger partial charge is 0 e. The van der Waals surface area contributed by atoms with E-state index < -0.39 is 28.6 Å². The van der Waals surface area contributed by atoms with Crippen LogP contribution in [0.3, 0.4) is 0 Å². The van der Waals surface area contributed by atoms with Gasteiger partial charge >= 0.3 is 104 Å². The molecule has 0 aromatic carbocycles. The summed E-state index contributed by atoms with van der Waals surface area (Å²) in [5, 5.41) is 0. The summed E-state index contributed by atoms with van der Waals surface area (Å²) in [7, 11) is -14.0. The largest absolute Gasteiger partial charge is 0 e. The molecule has 0 aliphatic heterocycles. The Morgan fingerprint density at radius 2 is 0.684 bits per heavy atom. The van der Waals surface area contributed by atoms with Gasteiger partial charge in [0.1, 0.15) is 0 Å². The maximum atomic E-state index is 8.88. The molecule has 0 aliphatic carbocycles. The molecule has 0 fully saturated rings. The van der Waals surface area contributed by atoms with Crippen molar-refractivity contribution in [2.75, 3.05) is 0 Å². The first-order valence-electron chi connectivity index (χ1n) is 2.18. The summed E-state index contributed by atoms with van der Waals surface area (Å²) >= 11 is 0. The summed E-state index contributed by atoms with van der Waals surface area (Å²) in [4.78, 5) is 21.6. The van der Waals surface area contributed by atoms with E-state index in [1.54, 1.807) is 0 Å². The maximum Gasteiger partial charge on any atom is 0 e. The van der Waals surface area contributed by atoms with Crippen molar-refractivity contribution in [1.82, 2.24) is 0 Å². The Kier molecular flexibility index (Phi) is 44.3. The number of phosphoric acid groups is 1. The van der Waals surface area contributed by atoms with Gasteiger partial charge in [0.25, 0.3) is 0 Å². The second-order valence-corrected chi connectivity index (χ2v) is 4.23. The van der Waals surface area contributed by atoms with Crippen molar-refractivity contribution in [2.24, 2.45) is 0 Å². The van der Waals surface area contributed by atoms with Crippen molar-refractivity contribution in [3.05, 3.63) is 0 Å². The molecule has 0 spiro atoms. The third kappa shape index (κ3) is 694. The molecular weight excluding hydrogens is 487 g/mol. The van der Waals surface area contributed by atoms with Crippen LogP contribution in [0.25, 0.3) is 0 Å². The minimum atomic E-state index is -4.67. The molecule has 12 nitrogen and oxygen atoms in total. The van der Waals surface area contributed by atoms with Crippen molar-refractivity contribution in [1.29, 1.82) is 0 Å². The van der Waals surface area contributed by atoms with Crippen molar-refractivity contribution < 1.29 is 88.4 Å². The van der Waals surface area contributed by atoms with E-state index in [2.05, 4.69) is 0 Å². The van der Waals surface area contributed by atoms with Crippen LogP contribution in [0, 0.1) is 0 Å². The zero-order valence-corrected chi connectivity index (χ0v) is 11.7. The average Bonchev–Trinajstić information content (AvgIpc) is 1.41. The topological polar surface area (TPSA) is 227 Å². The molecule has 0 saturated carbocycles. The fourth-order valence-corrected chi connectivity index (χ4v) is 0. The predicted octanol–water partition coefficient (Wildman–Crippen LogP) is -4.07. The Morgan fingerprint density at radius 1 is 0.684 bits per heavy atom. The SMILES string of the molecule is O=P(O)(O)O.O=S(=O)(O)O.O=S(=O)(O)O.[CaH2].[CaH2].[Cu].[Fe]. The Bertz CT molecular complexity index is 341. The van der Waals surface area contributed by atoms with Crippen molar-refractivity contribution in [3.63, 3.8) is 0 Å². The minimum absolute atomic E-state index is 0. The molecule has 123 valence electrons. The fourth-order valence-electron chi connectivity index (χ4n) is 0. The summed E-state index contributed by atoms with van der Waals surface area (Å²) in [6.45, 7) is 0. The van der Waals surface area contributed by atoms with Crippen molar-refractivity contribution in [3.8, 4) is 0 Å². The van der Waals surface area contributed by atoms with E-state index in [0.717, 1.165) is 0 Å². The molecule has 1 radical (unpaired) electrons. The molecule has 0 unspecified atom stereocenters. The van der Waals surface area contributed by atoms with Crippen molar-refractivity contribution >= 4 is 104 Å². The molecule has 0 rings (SSSR count). The zero-order valence-electron chi connectivity index (χ0n) is 7.09. The second-order valence-electron chi connectivity index (χ2n) is 1.41.